The van der Waals surface area contributed by atoms with Crippen LogP contribution in [0, 0.1) is 39.4 Å². The van der Waals surface area contributed by atoms with Gasteiger partial charge in [-0.25, -0.2) is 0 Å². The van der Waals surface area contributed by atoms with Crippen LogP contribution >= 0.6 is 0 Å². The van der Waals surface area contributed by atoms with E-state index < -0.39 is 99.4 Å². The summed E-state index contributed by atoms with van der Waals surface area (Å²) in [4.78, 5) is 53.6. The molecule has 12 nitrogen and oxygen atoms in total. The summed E-state index contributed by atoms with van der Waals surface area (Å²) < 4.78 is 36.3. The Bertz CT molecular complexity index is 1490. The van der Waals surface area contributed by atoms with Crippen molar-refractivity contribution in [3.63, 3.8) is 0 Å². The first kappa shape index (κ1) is 32.7. The van der Waals surface area contributed by atoms with E-state index in [1.807, 2.05) is 26.8 Å². The fraction of sp³-hybridized carbons (Fsp3) is 0.771. The predicted octanol–water partition coefficient (Wildman–Crippen LogP) is 3.06. The third-order valence-electron chi connectivity index (χ3n) is 13.8. The monoisotopic (exact) mass is 658 g/mol. The van der Waals surface area contributed by atoms with Gasteiger partial charge in [-0.15, -0.1) is 0 Å². The molecule has 7 rings (SSSR count). The van der Waals surface area contributed by atoms with Crippen molar-refractivity contribution >= 4 is 23.7 Å². The molecule has 6 fully saturated rings. The smallest absolute Gasteiger partial charge is 0.310 e. The summed E-state index contributed by atoms with van der Waals surface area (Å²) >= 11 is 0. The van der Waals surface area contributed by atoms with E-state index in [4.69, 9.17) is 28.1 Å². The molecule has 258 valence electrons. The Morgan fingerprint density at radius 2 is 1.70 bits per heavy atom. The average Bonchev–Trinajstić information content (AvgIpc) is 3.36. The minimum absolute atomic E-state index is 0.0479. The number of rotatable bonds is 6. The van der Waals surface area contributed by atoms with Crippen LogP contribution in [0.25, 0.3) is 0 Å². The van der Waals surface area contributed by atoms with Crippen LogP contribution in [0.5, 0.6) is 0 Å². The molecule has 4 saturated carbocycles. The van der Waals surface area contributed by atoms with Gasteiger partial charge in [-0.05, 0) is 43.7 Å². The third kappa shape index (κ3) is 3.78. The van der Waals surface area contributed by atoms with Crippen LogP contribution < -0.4 is 0 Å². The summed E-state index contributed by atoms with van der Waals surface area (Å²) in [5.74, 6) is -4.62. The van der Waals surface area contributed by atoms with E-state index >= 15 is 4.79 Å². The van der Waals surface area contributed by atoms with Gasteiger partial charge in [0.25, 0.3) is 0 Å². The number of fused-ring (bicyclic) bond motifs is 1. The van der Waals surface area contributed by atoms with Gasteiger partial charge in [0.2, 0.25) is 6.29 Å². The second kappa shape index (κ2) is 10.4. The topological polar surface area (TPSA) is 171 Å². The standard InChI is InChI=1S/C35H46O12/c1-8-16(2)29(41)46-30-31(5)21-12-22(38)33(7)27(34(21,15-43-30)23(39)13-24(31)44-17(3)36)26(40)28(45-18(4)37)32(6)20(19-9-10-42-14-19)11-25-35(32,33)47-25/h9-10,14,16,20-25,27-28,30,38-39H,8,11-13,15H2,1-7H3/t16?,20-,21?,22+,23-,24+,25?,27-,28-,30-,31+,32+,33+,34+,35-/m0/s1. The molecule has 0 aromatic carbocycles. The number of furan rings is 1. The first-order valence-corrected chi connectivity index (χ1v) is 16.8. The zero-order chi connectivity index (χ0) is 34.1. The van der Waals surface area contributed by atoms with Crippen LogP contribution in [0.1, 0.15) is 85.6 Å². The van der Waals surface area contributed by atoms with Crippen LogP contribution in [-0.4, -0.2) is 82.9 Å². The molecule has 2 N–H and O–H groups in total. The molecular formula is C35H46O12. The largest absolute Gasteiger partial charge is 0.472 e. The van der Waals surface area contributed by atoms with E-state index in [2.05, 4.69) is 0 Å². The molecule has 6 aliphatic rings. The molecule has 47 heavy (non-hydrogen) atoms. The number of hydrogen-bond acceptors (Lipinski definition) is 12. The number of Topliss-reactive ketones (excluding diaryl/α,β-unsaturated/α-hetero) is 1. The Morgan fingerprint density at radius 1 is 1.00 bits per heavy atom. The fourth-order valence-electron chi connectivity index (χ4n) is 11.5. The lowest BCUT2D eigenvalue weighted by Crippen LogP contribution is -2.82. The number of epoxide rings is 1. The Kier molecular flexibility index (Phi) is 7.21. The van der Waals surface area contributed by atoms with Crippen molar-refractivity contribution in [1.29, 1.82) is 0 Å². The molecule has 12 heteroatoms. The highest BCUT2D eigenvalue weighted by Gasteiger charge is 2.92. The highest BCUT2D eigenvalue weighted by molar-refractivity contribution is 5.93. The predicted molar refractivity (Wildman–Crippen MR) is 160 cm³/mol. The summed E-state index contributed by atoms with van der Waals surface area (Å²) in [6.45, 7) is 11.5. The van der Waals surface area contributed by atoms with Crippen LogP contribution in [0.4, 0.5) is 0 Å². The lowest BCUT2D eigenvalue weighted by molar-refractivity contribution is -0.374. The fourth-order valence-corrected chi connectivity index (χ4v) is 11.5. The van der Waals surface area contributed by atoms with Gasteiger partial charge < -0.3 is 38.3 Å². The number of hydrogen-bond donors (Lipinski definition) is 2. The number of aliphatic hydroxyl groups excluding tert-OH is 2. The van der Waals surface area contributed by atoms with Gasteiger partial charge in [-0.3, -0.25) is 19.2 Å². The van der Waals surface area contributed by atoms with Gasteiger partial charge in [-0.1, -0.05) is 27.7 Å². The van der Waals surface area contributed by atoms with Gasteiger partial charge in [0.15, 0.2) is 11.9 Å². The first-order chi connectivity index (χ1) is 22.1. The van der Waals surface area contributed by atoms with Crippen LogP contribution in [0.3, 0.4) is 0 Å². The highest BCUT2D eigenvalue weighted by Crippen LogP contribution is 2.83. The molecule has 1 spiro atoms. The maximum atomic E-state index is 15.3. The first-order valence-electron chi connectivity index (χ1n) is 16.8. The van der Waals surface area contributed by atoms with E-state index in [9.17, 15) is 24.6 Å². The summed E-state index contributed by atoms with van der Waals surface area (Å²) in [6.07, 6.45) is -1.82. The second-order valence-electron chi connectivity index (χ2n) is 15.6. The summed E-state index contributed by atoms with van der Waals surface area (Å²) in [5, 5.41) is 24.7. The maximum absolute atomic E-state index is 15.3. The highest BCUT2D eigenvalue weighted by atomic mass is 16.7. The van der Waals surface area contributed by atoms with Crippen LogP contribution in [0.2, 0.25) is 0 Å². The Balaban J connectivity index is 1.40. The number of ether oxygens (including phenoxy) is 5. The normalized spacial score (nSPS) is 49.8. The Morgan fingerprint density at radius 3 is 2.32 bits per heavy atom. The van der Waals surface area contributed by atoms with Gasteiger partial charge in [0.1, 0.15) is 11.7 Å². The third-order valence-corrected chi connectivity index (χ3v) is 13.8. The van der Waals surface area contributed by atoms with Crippen molar-refractivity contribution in [3.8, 4) is 0 Å². The molecule has 2 saturated heterocycles. The van der Waals surface area contributed by atoms with Crippen molar-refractivity contribution < 1.29 is 57.5 Å². The molecule has 2 bridgehead atoms. The van der Waals surface area contributed by atoms with E-state index in [0.29, 0.717) is 12.8 Å². The van der Waals surface area contributed by atoms with Crippen LogP contribution in [0.15, 0.2) is 23.0 Å². The Hall–Kier alpha value is -2.80. The molecule has 15 atom stereocenters. The quantitative estimate of drug-likeness (QED) is 0.260. The lowest BCUT2D eigenvalue weighted by atomic mass is 9.33. The number of carbonyl (C=O) groups is 4. The molecular weight excluding hydrogens is 612 g/mol. The average molecular weight is 659 g/mol. The molecule has 2 aliphatic heterocycles. The SMILES string of the molecule is CCC(C)C(=O)O[C@@H]1OC[C@]23C(C[C@@H](O)[C@]4(C)[C@@H]2C(=O)[C@H](OC(C)=O)[C@@]2(C)[C@H](c5ccoc5)CC5O[C@@]524)[C@]1(C)[C@H](OC(C)=O)C[C@@H]3O. The van der Waals surface area contributed by atoms with Crippen molar-refractivity contribution in [2.45, 2.75) is 122 Å². The minimum atomic E-state index is -1.32. The summed E-state index contributed by atoms with van der Waals surface area (Å²) in [7, 11) is 0. The van der Waals surface area contributed by atoms with E-state index in [1.54, 1.807) is 26.4 Å². The second-order valence-corrected chi connectivity index (χ2v) is 15.6. The molecule has 3 heterocycles. The number of aliphatic hydroxyl groups is 2. The maximum Gasteiger partial charge on any atom is 0.310 e. The lowest BCUT2D eigenvalue weighted by Gasteiger charge is -2.73. The number of esters is 3. The zero-order valence-electron chi connectivity index (χ0n) is 28.0. The van der Waals surface area contributed by atoms with Crippen molar-refractivity contribution in [3.05, 3.63) is 24.2 Å². The van der Waals surface area contributed by atoms with E-state index in [0.717, 1.165) is 5.56 Å². The minimum Gasteiger partial charge on any atom is -0.472 e. The van der Waals surface area contributed by atoms with Crippen molar-refractivity contribution in [2.24, 2.45) is 39.4 Å². The molecule has 1 aromatic heterocycles. The molecule has 3 unspecified atom stereocenters. The van der Waals surface area contributed by atoms with Crippen molar-refractivity contribution in [1.82, 2.24) is 0 Å². The molecule has 1 aromatic rings. The molecule has 0 radical (unpaired) electrons. The van der Waals surface area contributed by atoms with Gasteiger partial charge in [-0.2, -0.15) is 0 Å². The van der Waals surface area contributed by atoms with Crippen LogP contribution in [-0.2, 0) is 42.9 Å². The zero-order valence-corrected chi connectivity index (χ0v) is 28.0. The van der Waals surface area contributed by atoms with Gasteiger partial charge >= 0.3 is 17.9 Å². The van der Waals surface area contributed by atoms with Gasteiger partial charge in [0, 0.05) is 42.9 Å². The van der Waals surface area contributed by atoms with Gasteiger partial charge in [0.05, 0.1) is 54.2 Å². The Labute approximate surface area is 273 Å². The number of carbonyl (C=O) groups excluding carboxylic acids is 4. The van der Waals surface area contributed by atoms with Crippen molar-refractivity contribution in [2.75, 3.05) is 6.61 Å². The van der Waals surface area contributed by atoms with E-state index in [-0.39, 0.29) is 31.5 Å². The summed E-state index contributed by atoms with van der Waals surface area (Å²) in [6, 6.07) is 1.84. The molecule has 0 amide bonds. The number of ketones is 1. The molecule has 4 aliphatic carbocycles. The van der Waals surface area contributed by atoms with E-state index in [1.165, 1.54) is 13.8 Å². The summed E-state index contributed by atoms with van der Waals surface area (Å²) in [5.41, 5.74) is -5.14.